The highest BCUT2D eigenvalue weighted by molar-refractivity contribution is 5.63. The Balaban J connectivity index is 1.24. The van der Waals surface area contributed by atoms with E-state index < -0.39 is 30.0 Å². The Kier molecular flexibility index (Phi) is 7.45. The molecule has 0 saturated heterocycles. The molecule has 4 nitrogen and oxygen atoms in total. The van der Waals surface area contributed by atoms with Crippen LogP contribution in [0.4, 0.5) is 26.3 Å². The number of benzene rings is 2. The van der Waals surface area contributed by atoms with Gasteiger partial charge in [0.1, 0.15) is 11.6 Å². The van der Waals surface area contributed by atoms with Crippen LogP contribution in [0.5, 0.6) is 5.75 Å². The molecule has 1 heterocycles. The number of allylic oxidation sites excluding steroid dienone is 3. The summed E-state index contributed by atoms with van der Waals surface area (Å²) < 4.78 is 87.9. The van der Waals surface area contributed by atoms with Gasteiger partial charge < -0.3 is 10.1 Å². The van der Waals surface area contributed by atoms with Crippen molar-refractivity contribution >= 4 is 6.08 Å². The van der Waals surface area contributed by atoms with Crippen molar-refractivity contribution in [1.82, 2.24) is 15.1 Å². The van der Waals surface area contributed by atoms with E-state index in [-0.39, 0.29) is 37.0 Å². The summed E-state index contributed by atoms with van der Waals surface area (Å²) in [5.41, 5.74) is 5.15. The minimum atomic E-state index is -4.34. The van der Waals surface area contributed by atoms with E-state index in [2.05, 4.69) is 28.2 Å². The lowest BCUT2D eigenvalue weighted by Gasteiger charge is -2.51. The Morgan fingerprint density at radius 2 is 1.93 bits per heavy atom. The fraction of sp³-hybridized carbons (Fsp3) is 0.406. The van der Waals surface area contributed by atoms with Crippen molar-refractivity contribution in [3.63, 3.8) is 0 Å². The second-order valence-electron chi connectivity index (χ2n) is 11.6. The molecule has 0 spiro atoms. The molecular weight excluding hydrogens is 556 g/mol. The van der Waals surface area contributed by atoms with Crippen molar-refractivity contribution in [1.29, 1.82) is 0 Å². The van der Waals surface area contributed by atoms with Crippen LogP contribution in [0, 0.1) is 29.0 Å². The van der Waals surface area contributed by atoms with E-state index in [0.717, 1.165) is 22.5 Å². The van der Waals surface area contributed by atoms with E-state index in [1.807, 2.05) is 6.08 Å². The summed E-state index contributed by atoms with van der Waals surface area (Å²) >= 11 is 0. The number of aromatic nitrogens is 2. The van der Waals surface area contributed by atoms with Crippen LogP contribution in [0.3, 0.4) is 0 Å². The Hall–Kier alpha value is -3.53. The van der Waals surface area contributed by atoms with E-state index in [9.17, 15) is 26.3 Å². The number of halogens is 6. The standard InChI is InChI=1S/C32H31F6N3O/c1-31-15-20-17-40-41(23-8-6-22(33)7-9-23)29(20)14-21(31)5-10-25-26(28(32(36,37)38)12-11-27(25)31)18-39-16-19-3-2-4-24(13-19)42-30(34)35/h2-4,6-9,11,13-14,17,25-26,28,30,39H,5,10,12,15-16,18H2,1H3/t25-,26-,28-,31+/m1/s1. The molecule has 2 aromatic carbocycles. The van der Waals surface area contributed by atoms with E-state index in [1.54, 1.807) is 35.1 Å². The average Bonchev–Trinajstić information content (AvgIpc) is 3.33. The molecule has 0 aliphatic heterocycles. The van der Waals surface area contributed by atoms with Gasteiger partial charge >= 0.3 is 12.8 Å². The van der Waals surface area contributed by atoms with Crippen molar-refractivity contribution in [2.24, 2.45) is 23.2 Å². The second-order valence-corrected chi connectivity index (χ2v) is 11.6. The summed E-state index contributed by atoms with van der Waals surface area (Å²) in [6.45, 7) is -0.439. The van der Waals surface area contributed by atoms with Gasteiger partial charge in [-0.3, -0.25) is 0 Å². The summed E-state index contributed by atoms with van der Waals surface area (Å²) in [6, 6.07) is 12.3. The van der Waals surface area contributed by atoms with Crippen molar-refractivity contribution in [2.45, 2.75) is 51.9 Å². The first-order valence-corrected chi connectivity index (χ1v) is 14.1. The van der Waals surface area contributed by atoms with Gasteiger partial charge in [0.05, 0.1) is 23.5 Å². The Bertz CT molecular complexity index is 1510. The van der Waals surface area contributed by atoms with Crippen LogP contribution in [0.15, 0.2) is 72.0 Å². The average molecular weight is 588 g/mol. The maximum Gasteiger partial charge on any atom is 0.392 e. The van der Waals surface area contributed by atoms with Crippen LogP contribution < -0.4 is 10.1 Å². The smallest absolute Gasteiger partial charge is 0.392 e. The summed E-state index contributed by atoms with van der Waals surface area (Å²) in [5, 5.41) is 7.75. The zero-order valence-corrected chi connectivity index (χ0v) is 23.0. The second kappa shape index (κ2) is 10.9. The predicted molar refractivity (Wildman–Crippen MR) is 147 cm³/mol. The number of hydrogen-bond donors (Lipinski definition) is 1. The normalized spacial score (nSPS) is 25.3. The van der Waals surface area contributed by atoms with Gasteiger partial charge in [-0.05, 0) is 97.7 Å². The molecule has 0 amide bonds. The highest BCUT2D eigenvalue weighted by Crippen LogP contribution is 2.58. The Morgan fingerprint density at radius 3 is 2.67 bits per heavy atom. The molecule has 4 atom stereocenters. The van der Waals surface area contributed by atoms with Gasteiger partial charge in [0.25, 0.3) is 0 Å². The van der Waals surface area contributed by atoms with Crippen LogP contribution in [0.2, 0.25) is 0 Å². The number of ether oxygens (including phenoxy) is 1. The van der Waals surface area contributed by atoms with Crippen molar-refractivity contribution in [3.8, 4) is 11.4 Å². The summed E-state index contributed by atoms with van der Waals surface area (Å²) in [7, 11) is 0. The molecule has 6 rings (SSSR count). The molecule has 1 aromatic heterocycles. The number of rotatable bonds is 7. The summed E-state index contributed by atoms with van der Waals surface area (Å²) in [5.74, 6) is -2.70. The monoisotopic (exact) mass is 587 g/mol. The van der Waals surface area contributed by atoms with Crippen LogP contribution in [-0.4, -0.2) is 29.1 Å². The molecular formula is C32H31F6N3O. The number of hydrogen-bond acceptors (Lipinski definition) is 3. The maximum atomic E-state index is 14.3. The molecule has 0 unspecified atom stereocenters. The molecule has 1 N–H and O–H groups in total. The van der Waals surface area contributed by atoms with Crippen LogP contribution in [-0.2, 0) is 13.0 Å². The number of nitrogens with zero attached hydrogens (tertiary/aromatic N) is 2. The molecule has 1 fully saturated rings. The van der Waals surface area contributed by atoms with E-state index in [0.29, 0.717) is 24.8 Å². The fourth-order valence-electron chi connectivity index (χ4n) is 7.21. The number of nitrogens with one attached hydrogen (secondary N) is 1. The molecule has 3 aliphatic rings. The predicted octanol–water partition coefficient (Wildman–Crippen LogP) is 7.88. The first-order valence-electron chi connectivity index (χ1n) is 14.1. The molecule has 1 saturated carbocycles. The van der Waals surface area contributed by atoms with E-state index in [4.69, 9.17) is 0 Å². The van der Waals surface area contributed by atoms with Gasteiger partial charge in [0.2, 0.25) is 0 Å². The zero-order valence-electron chi connectivity index (χ0n) is 23.0. The third kappa shape index (κ3) is 5.37. The first-order chi connectivity index (χ1) is 20.0. The van der Waals surface area contributed by atoms with Crippen LogP contribution in [0.25, 0.3) is 11.8 Å². The number of alkyl halides is 5. The lowest BCUT2D eigenvalue weighted by molar-refractivity contribution is -0.194. The van der Waals surface area contributed by atoms with Crippen LogP contribution in [0.1, 0.15) is 43.0 Å². The molecule has 222 valence electrons. The molecule has 3 aliphatic carbocycles. The Labute approximate surface area is 240 Å². The quantitative estimate of drug-likeness (QED) is 0.226. The summed E-state index contributed by atoms with van der Waals surface area (Å²) in [6.07, 6.45) is 3.22. The molecule has 10 heteroatoms. The highest BCUT2D eigenvalue weighted by atomic mass is 19.4. The molecule has 0 radical (unpaired) electrons. The van der Waals surface area contributed by atoms with Gasteiger partial charge in [0, 0.05) is 12.0 Å². The topological polar surface area (TPSA) is 39.1 Å². The largest absolute Gasteiger partial charge is 0.435 e. The SMILES string of the molecule is C[C@]12Cc3cnn(-c4ccc(F)cc4)c3C=C1CC[C@H]1C2=CC[C@@H](C(F)(F)F)[C@@H]1CNCc1cccc(OC(F)F)c1. The van der Waals surface area contributed by atoms with Gasteiger partial charge in [-0.1, -0.05) is 36.3 Å². The first kappa shape index (κ1) is 28.6. The van der Waals surface area contributed by atoms with Gasteiger partial charge in [-0.15, -0.1) is 0 Å². The van der Waals surface area contributed by atoms with Crippen molar-refractivity contribution < 1.29 is 31.1 Å². The van der Waals surface area contributed by atoms with Crippen molar-refractivity contribution in [3.05, 3.63) is 94.6 Å². The lowest BCUT2D eigenvalue weighted by atomic mass is 9.54. The van der Waals surface area contributed by atoms with Gasteiger partial charge in [0.15, 0.2) is 0 Å². The van der Waals surface area contributed by atoms with Gasteiger partial charge in [-0.25, -0.2) is 9.07 Å². The third-order valence-corrected chi connectivity index (χ3v) is 9.16. The summed E-state index contributed by atoms with van der Waals surface area (Å²) in [4.78, 5) is 0. The fourth-order valence-corrected chi connectivity index (χ4v) is 7.21. The minimum Gasteiger partial charge on any atom is -0.435 e. The maximum absolute atomic E-state index is 14.3. The van der Waals surface area contributed by atoms with Gasteiger partial charge in [-0.2, -0.15) is 27.1 Å². The Morgan fingerprint density at radius 1 is 1.14 bits per heavy atom. The molecule has 0 bridgehead atoms. The highest BCUT2D eigenvalue weighted by Gasteiger charge is 2.54. The van der Waals surface area contributed by atoms with Crippen molar-refractivity contribution in [2.75, 3.05) is 6.54 Å². The van der Waals surface area contributed by atoms with E-state index >= 15 is 0 Å². The molecule has 42 heavy (non-hydrogen) atoms. The van der Waals surface area contributed by atoms with E-state index in [1.165, 1.54) is 29.8 Å². The number of fused-ring (bicyclic) bond motifs is 4. The third-order valence-electron chi connectivity index (χ3n) is 9.16. The lowest BCUT2D eigenvalue weighted by Crippen LogP contribution is -2.48. The zero-order chi connectivity index (χ0) is 29.6. The van der Waals surface area contributed by atoms with Crippen LogP contribution >= 0.6 is 0 Å². The minimum absolute atomic E-state index is 0.0132. The molecule has 3 aromatic rings.